The predicted molar refractivity (Wildman–Crippen MR) is 117 cm³/mol. The van der Waals surface area contributed by atoms with Crippen molar-refractivity contribution >= 4 is 50.0 Å². The summed E-state index contributed by atoms with van der Waals surface area (Å²) in [5.41, 5.74) is 1.41. The summed E-state index contributed by atoms with van der Waals surface area (Å²) in [4.78, 5) is 21.3. The zero-order valence-corrected chi connectivity index (χ0v) is 17.7. The molecule has 1 saturated heterocycles. The van der Waals surface area contributed by atoms with Gasteiger partial charge in [-0.1, -0.05) is 35.1 Å². The van der Waals surface area contributed by atoms with Crippen molar-refractivity contribution in [3.8, 4) is 11.5 Å². The summed E-state index contributed by atoms with van der Waals surface area (Å²) in [7, 11) is 3.29. The van der Waals surface area contributed by atoms with Crippen LogP contribution in [0.5, 0.6) is 11.5 Å². The molecule has 1 N–H and O–H groups in total. The van der Waals surface area contributed by atoms with E-state index in [1.807, 2.05) is 24.3 Å². The number of carbonyl (C=O) groups excluding carboxylic acids is 1. The normalized spacial score (nSPS) is 14.2. The van der Waals surface area contributed by atoms with Gasteiger partial charge in [0.05, 0.1) is 24.9 Å². The number of methoxy groups -OCH3 is 2. The Bertz CT molecular complexity index is 993. The van der Waals surface area contributed by atoms with Crippen molar-refractivity contribution < 1.29 is 14.3 Å². The molecule has 7 nitrogen and oxygen atoms in total. The monoisotopic (exact) mass is 432 g/mol. The van der Waals surface area contributed by atoms with Gasteiger partial charge >= 0.3 is 6.03 Å². The van der Waals surface area contributed by atoms with Gasteiger partial charge in [0, 0.05) is 26.2 Å². The number of piperazine rings is 1. The minimum absolute atomic E-state index is 0.148. The van der Waals surface area contributed by atoms with E-state index in [0.717, 1.165) is 26.8 Å². The van der Waals surface area contributed by atoms with Gasteiger partial charge in [-0.25, -0.2) is 9.78 Å². The summed E-state index contributed by atoms with van der Waals surface area (Å²) in [6.45, 7) is 2.59. The maximum atomic E-state index is 12.6. The molecular weight excluding hydrogens is 412 g/mol. The van der Waals surface area contributed by atoms with Crippen LogP contribution in [-0.2, 0) is 0 Å². The van der Waals surface area contributed by atoms with Gasteiger partial charge in [0.1, 0.15) is 21.7 Å². The minimum atomic E-state index is -0.148. The molecule has 4 rings (SSSR count). The minimum Gasteiger partial charge on any atom is -0.495 e. The van der Waals surface area contributed by atoms with E-state index in [2.05, 4.69) is 10.2 Å². The molecule has 0 bridgehead atoms. The molecule has 0 aliphatic carbocycles. The number of rotatable bonds is 4. The maximum Gasteiger partial charge on any atom is 0.322 e. The molecule has 2 amide bonds. The Hall–Kier alpha value is -2.71. The number of halogens is 1. The van der Waals surface area contributed by atoms with E-state index in [1.165, 1.54) is 0 Å². The lowest BCUT2D eigenvalue weighted by atomic mass is 10.3. The molecule has 2 aromatic carbocycles. The molecule has 0 radical (unpaired) electrons. The molecule has 3 aromatic rings. The molecule has 1 aliphatic rings. The number of hydrogen-bond donors (Lipinski definition) is 1. The second-order valence-corrected chi connectivity index (χ2v) is 7.91. The van der Waals surface area contributed by atoms with Crippen LogP contribution in [0, 0.1) is 0 Å². The van der Waals surface area contributed by atoms with E-state index in [9.17, 15) is 4.79 Å². The number of benzene rings is 2. The Balaban J connectivity index is 1.46. The molecular formula is C20H21ClN4O3S. The second-order valence-electron chi connectivity index (χ2n) is 6.53. The van der Waals surface area contributed by atoms with Gasteiger partial charge < -0.3 is 24.6 Å². The van der Waals surface area contributed by atoms with Gasteiger partial charge in [-0.15, -0.1) is 0 Å². The molecule has 2 heterocycles. The fraction of sp³-hybridized carbons (Fsp3) is 0.300. The molecule has 1 aromatic heterocycles. The number of nitrogens with zero attached hydrogens (tertiary/aromatic N) is 3. The molecule has 1 fully saturated rings. The summed E-state index contributed by atoms with van der Waals surface area (Å²) in [5, 5.41) is 4.30. The smallest absolute Gasteiger partial charge is 0.322 e. The van der Waals surface area contributed by atoms with Gasteiger partial charge in [0.15, 0.2) is 5.13 Å². The van der Waals surface area contributed by atoms with Crippen LogP contribution < -0.4 is 19.7 Å². The van der Waals surface area contributed by atoms with Gasteiger partial charge in [-0.05, 0) is 24.3 Å². The fourth-order valence-corrected chi connectivity index (χ4v) is 4.58. The van der Waals surface area contributed by atoms with Crippen LogP contribution in [0.3, 0.4) is 0 Å². The summed E-state index contributed by atoms with van der Waals surface area (Å²) in [6.07, 6.45) is 0. The van der Waals surface area contributed by atoms with E-state index >= 15 is 0 Å². The highest BCUT2D eigenvalue weighted by molar-refractivity contribution is 7.22. The Morgan fingerprint density at radius 1 is 1.07 bits per heavy atom. The zero-order valence-electron chi connectivity index (χ0n) is 16.1. The highest BCUT2D eigenvalue weighted by Gasteiger charge is 2.24. The van der Waals surface area contributed by atoms with Crippen LogP contribution in [0.4, 0.5) is 15.6 Å². The predicted octanol–water partition coefficient (Wildman–Crippen LogP) is 4.32. The molecule has 0 atom stereocenters. The second kappa shape index (κ2) is 8.34. The lowest BCUT2D eigenvalue weighted by Gasteiger charge is -2.34. The number of aromatic nitrogens is 1. The molecule has 0 spiro atoms. The van der Waals surface area contributed by atoms with Crippen LogP contribution in [0.2, 0.25) is 5.02 Å². The standard InChI is InChI=1S/C20H21ClN4O3S/c1-27-15-7-8-16(28-2)18-17(15)23-20(29-18)25-11-9-24(10-12-25)19(26)22-14-6-4-3-5-13(14)21/h3-8H,9-12H2,1-2H3,(H,22,26). The number of para-hydroxylation sites is 1. The number of hydrogen-bond acceptors (Lipinski definition) is 6. The van der Waals surface area contributed by atoms with Crippen LogP contribution in [-0.4, -0.2) is 56.3 Å². The molecule has 0 unspecified atom stereocenters. The first-order valence-electron chi connectivity index (χ1n) is 9.17. The quantitative estimate of drug-likeness (QED) is 0.665. The average Bonchev–Trinajstić information content (AvgIpc) is 3.20. The van der Waals surface area contributed by atoms with Crippen molar-refractivity contribution in [2.75, 3.05) is 50.6 Å². The van der Waals surface area contributed by atoms with Gasteiger partial charge in [0.2, 0.25) is 0 Å². The zero-order chi connectivity index (χ0) is 20.4. The Kier molecular flexibility index (Phi) is 5.64. The van der Waals surface area contributed by atoms with Crippen LogP contribution in [0.1, 0.15) is 0 Å². The van der Waals surface area contributed by atoms with Gasteiger partial charge in [-0.2, -0.15) is 0 Å². The lowest BCUT2D eigenvalue weighted by Crippen LogP contribution is -2.50. The number of amides is 2. The summed E-state index contributed by atoms with van der Waals surface area (Å²) in [6, 6.07) is 10.8. The molecule has 29 heavy (non-hydrogen) atoms. The van der Waals surface area contributed by atoms with Crippen molar-refractivity contribution in [2.45, 2.75) is 0 Å². The van der Waals surface area contributed by atoms with E-state index in [-0.39, 0.29) is 6.03 Å². The van der Waals surface area contributed by atoms with Crippen molar-refractivity contribution in [1.82, 2.24) is 9.88 Å². The van der Waals surface area contributed by atoms with Crippen molar-refractivity contribution in [1.29, 1.82) is 0 Å². The number of urea groups is 1. The van der Waals surface area contributed by atoms with E-state index in [4.69, 9.17) is 26.1 Å². The molecule has 1 aliphatic heterocycles. The van der Waals surface area contributed by atoms with E-state index < -0.39 is 0 Å². The Morgan fingerprint density at radius 3 is 2.45 bits per heavy atom. The van der Waals surface area contributed by atoms with Crippen molar-refractivity contribution in [3.05, 3.63) is 41.4 Å². The third-order valence-electron chi connectivity index (χ3n) is 4.85. The Morgan fingerprint density at radius 2 is 1.76 bits per heavy atom. The third-order valence-corrected chi connectivity index (χ3v) is 6.31. The van der Waals surface area contributed by atoms with E-state index in [0.29, 0.717) is 36.9 Å². The maximum absolute atomic E-state index is 12.6. The number of carbonyl (C=O) groups is 1. The number of thiazole rings is 1. The van der Waals surface area contributed by atoms with Crippen LogP contribution in [0.25, 0.3) is 10.2 Å². The number of fused-ring (bicyclic) bond motifs is 1. The largest absolute Gasteiger partial charge is 0.495 e. The highest BCUT2D eigenvalue weighted by atomic mass is 35.5. The molecule has 9 heteroatoms. The molecule has 0 saturated carbocycles. The van der Waals surface area contributed by atoms with Crippen LogP contribution in [0.15, 0.2) is 36.4 Å². The number of anilines is 2. The topological polar surface area (TPSA) is 66.9 Å². The first kappa shape index (κ1) is 19.6. The van der Waals surface area contributed by atoms with Gasteiger partial charge in [-0.3, -0.25) is 0 Å². The summed E-state index contributed by atoms with van der Waals surface area (Å²) >= 11 is 7.70. The summed E-state index contributed by atoms with van der Waals surface area (Å²) < 4.78 is 11.9. The van der Waals surface area contributed by atoms with Crippen molar-refractivity contribution in [3.63, 3.8) is 0 Å². The van der Waals surface area contributed by atoms with Crippen molar-refractivity contribution in [2.24, 2.45) is 0 Å². The highest BCUT2D eigenvalue weighted by Crippen LogP contribution is 2.40. The third kappa shape index (κ3) is 3.90. The first-order chi connectivity index (χ1) is 14.1. The summed E-state index contributed by atoms with van der Waals surface area (Å²) in [5.74, 6) is 1.50. The van der Waals surface area contributed by atoms with E-state index in [1.54, 1.807) is 42.6 Å². The fourth-order valence-electron chi connectivity index (χ4n) is 3.27. The van der Waals surface area contributed by atoms with Gasteiger partial charge in [0.25, 0.3) is 0 Å². The molecule has 152 valence electrons. The Labute approximate surface area is 177 Å². The SMILES string of the molecule is COc1ccc(OC)c2sc(N3CCN(C(=O)Nc4ccccc4Cl)CC3)nc12. The average molecular weight is 433 g/mol. The first-order valence-corrected chi connectivity index (χ1v) is 10.4. The number of nitrogens with one attached hydrogen (secondary N) is 1. The number of ether oxygens (including phenoxy) is 2. The lowest BCUT2D eigenvalue weighted by molar-refractivity contribution is 0.208. The van der Waals surface area contributed by atoms with Crippen LogP contribution >= 0.6 is 22.9 Å².